The average molecular weight is 476 g/mol. The molecular formula is C27H23ClFN3O2. The van der Waals surface area contributed by atoms with Gasteiger partial charge in [-0.1, -0.05) is 72.3 Å². The molecule has 0 unspecified atom stereocenters. The maximum atomic E-state index is 13.6. The molecule has 0 bridgehead atoms. The summed E-state index contributed by atoms with van der Waals surface area (Å²) in [6.45, 7) is 3.79. The molecule has 172 valence electrons. The molecule has 3 aromatic carbocycles. The SMILES string of the molecule is Cc1cc(/C=N/NC(=O)C(O)(c2ccccc2)c2ccccc2)c(C)n1-c1ccc(F)c(Cl)c1. The standard InChI is InChI=1S/C27H23ClFN3O2/c1-18-15-20(19(2)32(18)23-13-14-25(29)24(28)16-23)17-30-31-26(33)27(34,21-9-5-3-6-10-21)22-11-7-4-8-12-22/h3-17,34H,1-2H3,(H,31,33)/b30-17+. The summed E-state index contributed by atoms with van der Waals surface area (Å²) in [5, 5.41) is 15.6. The fourth-order valence-corrected chi connectivity index (χ4v) is 4.14. The van der Waals surface area contributed by atoms with Crippen molar-refractivity contribution in [2.45, 2.75) is 19.4 Å². The highest BCUT2D eigenvalue weighted by atomic mass is 35.5. The number of hydrogen-bond donors (Lipinski definition) is 2. The number of carbonyl (C=O) groups is 1. The van der Waals surface area contributed by atoms with Crippen LogP contribution in [-0.2, 0) is 10.4 Å². The molecule has 0 spiro atoms. The summed E-state index contributed by atoms with van der Waals surface area (Å²) in [6, 6.07) is 23.8. The molecule has 2 N–H and O–H groups in total. The Bertz CT molecular complexity index is 1310. The van der Waals surface area contributed by atoms with E-state index in [0.717, 1.165) is 17.0 Å². The van der Waals surface area contributed by atoms with Crippen molar-refractivity contribution >= 4 is 23.7 Å². The second kappa shape index (κ2) is 9.63. The molecule has 7 heteroatoms. The first-order chi connectivity index (χ1) is 16.3. The van der Waals surface area contributed by atoms with E-state index in [4.69, 9.17) is 11.6 Å². The summed E-state index contributed by atoms with van der Waals surface area (Å²) >= 11 is 5.95. The Morgan fingerprint density at radius 2 is 1.59 bits per heavy atom. The van der Waals surface area contributed by atoms with Gasteiger partial charge in [0.1, 0.15) is 5.82 Å². The van der Waals surface area contributed by atoms with Crippen molar-refractivity contribution < 1.29 is 14.3 Å². The van der Waals surface area contributed by atoms with E-state index >= 15 is 0 Å². The number of amides is 1. The fourth-order valence-electron chi connectivity index (χ4n) is 3.97. The minimum atomic E-state index is -1.92. The van der Waals surface area contributed by atoms with Crippen LogP contribution in [0.2, 0.25) is 5.02 Å². The lowest BCUT2D eigenvalue weighted by Gasteiger charge is -2.27. The number of carbonyl (C=O) groups excluding carboxylic acids is 1. The van der Waals surface area contributed by atoms with Crippen LogP contribution in [0.1, 0.15) is 28.1 Å². The Labute approximate surface area is 202 Å². The summed E-state index contributed by atoms with van der Waals surface area (Å²) in [5.74, 6) is -1.16. The van der Waals surface area contributed by atoms with Gasteiger partial charge in [-0.2, -0.15) is 5.10 Å². The predicted octanol–water partition coefficient (Wildman–Crippen LogP) is 5.27. The number of aromatic nitrogens is 1. The molecule has 34 heavy (non-hydrogen) atoms. The highest BCUT2D eigenvalue weighted by Gasteiger charge is 2.39. The molecule has 4 aromatic rings. The van der Waals surface area contributed by atoms with E-state index in [1.165, 1.54) is 12.3 Å². The van der Waals surface area contributed by atoms with E-state index in [1.807, 2.05) is 36.6 Å². The van der Waals surface area contributed by atoms with Crippen molar-refractivity contribution in [3.63, 3.8) is 0 Å². The molecule has 0 aliphatic heterocycles. The highest BCUT2D eigenvalue weighted by Crippen LogP contribution is 2.30. The molecule has 0 aliphatic carbocycles. The summed E-state index contributed by atoms with van der Waals surface area (Å²) in [5.41, 5.74) is 4.61. The zero-order valence-corrected chi connectivity index (χ0v) is 19.4. The molecule has 0 saturated carbocycles. The maximum Gasteiger partial charge on any atom is 0.281 e. The number of benzene rings is 3. The van der Waals surface area contributed by atoms with Gasteiger partial charge in [-0.15, -0.1) is 0 Å². The molecular weight excluding hydrogens is 453 g/mol. The minimum absolute atomic E-state index is 0.0357. The topological polar surface area (TPSA) is 66.6 Å². The summed E-state index contributed by atoms with van der Waals surface area (Å²) in [6.07, 6.45) is 1.51. The van der Waals surface area contributed by atoms with Crippen molar-refractivity contribution in [1.29, 1.82) is 0 Å². The number of nitrogens with zero attached hydrogens (tertiary/aromatic N) is 2. The quantitative estimate of drug-likeness (QED) is 0.294. The minimum Gasteiger partial charge on any atom is -0.372 e. The van der Waals surface area contributed by atoms with Gasteiger partial charge in [0, 0.05) is 22.6 Å². The normalized spacial score (nSPS) is 11.7. The van der Waals surface area contributed by atoms with Crippen molar-refractivity contribution in [1.82, 2.24) is 9.99 Å². The lowest BCUT2D eigenvalue weighted by atomic mass is 9.85. The van der Waals surface area contributed by atoms with Gasteiger partial charge in [0.05, 0.1) is 11.2 Å². The van der Waals surface area contributed by atoms with Gasteiger partial charge in [-0.05, 0) is 49.2 Å². The van der Waals surface area contributed by atoms with Crippen molar-refractivity contribution in [2.24, 2.45) is 5.10 Å². The Morgan fingerprint density at radius 3 is 2.15 bits per heavy atom. The Balaban J connectivity index is 1.61. The molecule has 1 aromatic heterocycles. The summed E-state index contributed by atoms with van der Waals surface area (Å²) < 4.78 is 15.5. The molecule has 5 nitrogen and oxygen atoms in total. The number of nitrogens with one attached hydrogen (secondary N) is 1. The third kappa shape index (κ3) is 4.38. The van der Waals surface area contributed by atoms with Crippen LogP contribution in [0.15, 0.2) is 90.0 Å². The van der Waals surface area contributed by atoms with Gasteiger partial charge in [0.2, 0.25) is 0 Å². The third-order valence-corrected chi connectivity index (χ3v) is 6.00. The van der Waals surface area contributed by atoms with Crippen LogP contribution >= 0.6 is 11.6 Å². The number of hydrazone groups is 1. The van der Waals surface area contributed by atoms with E-state index < -0.39 is 17.3 Å². The summed E-state index contributed by atoms with van der Waals surface area (Å²) in [7, 11) is 0. The van der Waals surface area contributed by atoms with Crippen molar-refractivity contribution in [3.8, 4) is 5.69 Å². The molecule has 0 fully saturated rings. The number of rotatable bonds is 6. The Kier molecular flexibility index (Phi) is 6.63. The van der Waals surface area contributed by atoms with Crippen molar-refractivity contribution in [3.05, 3.63) is 124 Å². The van der Waals surface area contributed by atoms with Gasteiger partial charge in [0.25, 0.3) is 5.91 Å². The van der Waals surface area contributed by atoms with Crippen LogP contribution in [0, 0.1) is 19.7 Å². The van der Waals surface area contributed by atoms with Crippen molar-refractivity contribution in [2.75, 3.05) is 0 Å². The lowest BCUT2D eigenvalue weighted by molar-refractivity contribution is -0.136. The molecule has 0 saturated heterocycles. The van der Waals surface area contributed by atoms with Gasteiger partial charge < -0.3 is 9.67 Å². The molecule has 0 atom stereocenters. The molecule has 0 radical (unpaired) electrons. The first kappa shape index (κ1) is 23.4. The van der Waals surface area contributed by atoms with Gasteiger partial charge in [-0.3, -0.25) is 4.79 Å². The zero-order valence-electron chi connectivity index (χ0n) is 18.7. The first-order valence-electron chi connectivity index (χ1n) is 10.6. The molecule has 1 amide bonds. The van der Waals surface area contributed by atoms with Gasteiger partial charge >= 0.3 is 0 Å². The highest BCUT2D eigenvalue weighted by molar-refractivity contribution is 6.30. The van der Waals surface area contributed by atoms with Crippen LogP contribution in [0.4, 0.5) is 4.39 Å². The third-order valence-electron chi connectivity index (χ3n) is 5.71. The van der Waals surface area contributed by atoms with Crippen LogP contribution in [0.3, 0.4) is 0 Å². The second-order valence-electron chi connectivity index (χ2n) is 7.90. The predicted molar refractivity (Wildman–Crippen MR) is 132 cm³/mol. The Morgan fingerprint density at radius 1 is 1.00 bits per heavy atom. The van der Waals surface area contributed by atoms with Crippen LogP contribution < -0.4 is 5.43 Å². The van der Waals surface area contributed by atoms with E-state index in [1.54, 1.807) is 60.7 Å². The van der Waals surface area contributed by atoms with E-state index in [0.29, 0.717) is 16.8 Å². The fraction of sp³-hybridized carbons (Fsp3) is 0.111. The van der Waals surface area contributed by atoms with Crippen LogP contribution in [0.25, 0.3) is 5.69 Å². The van der Waals surface area contributed by atoms with Crippen LogP contribution in [-0.4, -0.2) is 21.8 Å². The van der Waals surface area contributed by atoms with E-state index in [2.05, 4.69) is 10.5 Å². The maximum absolute atomic E-state index is 13.6. The first-order valence-corrected chi connectivity index (χ1v) is 11.0. The Hall–Kier alpha value is -3.74. The molecule has 1 heterocycles. The van der Waals surface area contributed by atoms with E-state index in [-0.39, 0.29) is 5.02 Å². The molecule has 0 aliphatic rings. The smallest absolute Gasteiger partial charge is 0.281 e. The number of aliphatic hydroxyl groups is 1. The molecule has 4 rings (SSSR count). The largest absolute Gasteiger partial charge is 0.372 e. The number of hydrogen-bond acceptors (Lipinski definition) is 3. The second-order valence-corrected chi connectivity index (χ2v) is 8.31. The van der Waals surface area contributed by atoms with Gasteiger partial charge in [0.15, 0.2) is 5.60 Å². The number of aryl methyl sites for hydroxylation is 1. The lowest BCUT2D eigenvalue weighted by Crippen LogP contribution is -2.43. The average Bonchev–Trinajstić information content (AvgIpc) is 3.14. The van der Waals surface area contributed by atoms with E-state index in [9.17, 15) is 14.3 Å². The zero-order chi connectivity index (χ0) is 24.3. The summed E-state index contributed by atoms with van der Waals surface area (Å²) in [4.78, 5) is 13.2. The van der Waals surface area contributed by atoms with Crippen LogP contribution in [0.5, 0.6) is 0 Å². The number of halogens is 2. The van der Waals surface area contributed by atoms with Gasteiger partial charge in [-0.25, -0.2) is 9.82 Å². The monoisotopic (exact) mass is 475 g/mol.